The number of carboxylic acids is 1. The Bertz CT molecular complexity index is 557. The van der Waals surface area contributed by atoms with Crippen LogP contribution >= 0.6 is 11.6 Å². The summed E-state index contributed by atoms with van der Waals surface area (Å²) in [6.45, 7) is 5.61. The topological polar surface area (TPSA) is 69.6 Å². The molecule has 0 unspecified atom stereocenters. The molecule has 1 aliphatic heterocycles. The molecule has 0 radical (unpaired) electrons. The first-order valence-electron chi connectivity index (χ1n) is 6.37. The van der Waals surface area contributed by atoms with Crippen molar-refractivity contribution in [3.63, 3.8) is 0 Å². The van der Waals surface area contributed by atoms with Gasteiger partial charge >= 0.3 is 12.0 Å². The molecule has 0 bridgehead atoms. The van der Waals surface area contributed by atoms with E-state index in [4.69, 9.17) is 16.7 Å². The van der Waals surface area contributed by atoms with Gasteiger partial charge in [0.2, 0.25) is 0 Å². The molecule has 0 aliphatic carbocycles. The number of nitrogens with one attached hydrogen (secondary N) is 1. The fraction of sp³-hybridized carbons (Fsp3) is 0.429. The van der Waals surface area contributed by atoms with Gasteiger partial charge in [0.05, 0.1) is 5.56 Å². The van der Waals surface area contributed by atoms with E-state index < -0.39 is 5.97 Å². The minimum Gasteiger partial charge on any atom is -0.478 e. The number of carbonyl (C=O) groups is 2. The Morgan fingerprint density at radius 3 is 2.60 bits per heavy atom. The Hall–Kier alpha value is -1.75. The van der Waals surface area contributed by atoms with Crippen molar-refractivity contribution in [2.45, 2.75) is 20.3 Å². The van der Waals surface area contributed by atoms with Gasteiger partial charge in [-0.25, -0.2) is 9.59 Å². The largest absolute Gasteiger partial charge is 0.478 e. The van der Waals surface area contributed by atoms with Crippen molar-refractivity contribution in [1.29, 1.82) is 0 Å². The summed E-state index contributed by atoms with van der Waals surface area (Å²) in [6, 6.07) is 4.05. The van der Waals surface area contributed by atoms with Crippen LogP contribution < -0.4 is 5.32 Å². The standard InChI is InChI=1S/C14H17ClN2O3/c1-14(2)3-4-17(8-14)13(20)16-11-6-9(12(18)19)5-10(15)7-11/h5-7H,3-4,8H2,1-2H3,(H,16,20)(H,18,19). The molecule has 1 aromatic carbocycles. The number of halogens is 1. The fourth-order valence-corrected chi connectivity index (χ4v) is 2.51. The highest BCUT2D eigenvalue weighted by atomic mass is 35.5. The average molecular weight is 297 g/mol. The summed E-state index contributed by atoms with van der Waals surface area (Å²) < 4.78 is 0. The number of carbonyl (C=O) groups excluding carboxylic acids is 1. The third-order valence-corrected chi connectivity index (χ3v) is 3.58. The molecule has 1 fully saturated rings. The van der Waals surface area contributed by atoms with Crippen LogP contribution in [-0.4, -0.2) is 35.1 Å². The quantitative estimate of drug-likeness (QED) is 0.879. The van der Waals surface area contributed by atoms with Gasteiger partial charge in [0, 0.05) is 23.8 Å². The second kappa shape index (κ2) is 5.32. The Morgan fingerprint density at radius 2 is 2.05 bits per heavy atom. The number of benzene rings is 1. The lowest BCUT2D eigenvalue weighted by molar-refractivity contribution is 0.0697. The molecular weight excluding hydrogens is 280 g/mol. The van der Waals surface area contributed by atoms with E-state index in [1.165, 1.54) is 18.2 Å². The number of carboxylic acid groups (broad SMARTS) is 1. The molecule has 1 heterocycles. The fourth-order valence-electron chi connectivity index (χ4n) is 2.27. The second-order valence-electron chi connectivity index (χ2n) is 5.80. The van der Waals surface area contributed by atoms with E-state index in [9.17, 15) is 9.59 Å². The molecule has 0 atom stereocenters. The summed E-state index contributed by atoms with van der Waals surface area (Å²) in [7, 11) is 0. The molecule has 5 nitrogen and oxygen atoms in total. The van der Waals surface area contributed by atoms with Crippen LogP contribution in [0.2, 0.25) is 5.02 Å². The maximum atomic E-state index is 12.1. The normalized spacial score (nSPS) is 17.1. The van der Waals surface area contributed by atoms with E-state index >= 15 is 0 Å². The first kappa shape index (κ1) is 14.7. The smallest absolute Gasteiger partial charge is 0.335 e. The average Bonchev–Trinajstić information content (AvgIpc) is 2.69. The minimum absolute atomic E-state index is 0.0505. The highest BCUT2D eigenvalue weighted by molar-refractivity contribution is 6.31. The van der Waals surface area contributed by atoms with Crippen LogP contribution in [0.5, 0.6) is 0 Å². The molecule has 108 valence electrons. The van der Waals surface area contributed by atoms with Gasteiger partial charge in [0.15, 0.2) is 0 Å². The van der Waals surface area contributed by atoms with Gasteiger partial charge in [0.1, 0.15) is 0 Å². The van der Waals surface area contributed by atoms with Gasteiger partial charge in [-0.05, 0) is 30.0 Å². The monoisotopic (exact) mass is 296 g/mol. The molecule has 0 spiro atoms. The number of amides is 2. The number of urea groups is 1. The van der Waals surface area contributed by atoms with Crippen molar-refractivity contribution >= 4 is 29.3 Å². The van der Waals surface area contributed by atoms with Crippen molar-refractivity contribution in [2.75, 3.05) is 18.4 Å². The number of likely N-dealkylation sites (tertiary alicyclic amines) is 1. The highest BCUT2D eigenvalue weighted by Gasteiger charge is 2.32. The van der Waals surface area contributed by atoms with Crippen LogP contribution in [-0.2, 0) is 0 Å². The van der Waals surface area contributed by atoms with E-state index in [1.807, 2.05) is 0 Å². The molecule has 1 aromatic rings. The molecule has 2 amide bonds. The lowest BCUT2D eigenvalue weighted by Crippen LogP contribution is -2.34. The second-order valence-corrected chi connectivity index (χ2v) is 6.24. The molecule has 20 heavy (non-hydrogen) atoms. The third kappa shape index (κ3) is 3.42. The highest BCUT2D eigenvalue weighted by Crippen LogP contribution is 2.29. The van der Waals surface area contributed by atoms with Crippen molar-refractivity contribution < 1.29 is 14.7 Å². The molecule has 0 saturated carbocycles. The number of hydrogen-bond donors (Lipinski definition) is 2. The van der Waals surface area contributed by atoms with Gasteiger partial charge in [0.25, 0.3) is 0 Å². The summed E-state index contributed by atoms with van der Waals surface area (Å²) in [5.41, 5.74) is 0.567. The predicted molar refractivity (Wildman–Crippen MR) is 77.4 cm³/mol. The van der Waals surface area contributed by atoms with Crippen LogP contribution in [0.4, 0.5) is 10.5 Å². The Kier molecular flexibility index (Phi) is 3.90. The van der Waals surface area contributed by atoms with Gasteiger partial charge in [-0.3, -0.25) is 0 Å². The zero-order valence-corrected chi connectivity index (χ0v) is 12.2. The summed E-state index contributed by atoms with van der Waals surface area (Å²) in [5.74, 6) is -1.08. The van der Waals surface area contributed by atoms with Crippen LogP contribution in [0, 0.1) is 5.41 Å². The van der Waals surface area contributed by atoms with E-state index in [2.05, 4.69) is 19.2 Å². The van der Waals surface area contributed by atoms with Crippen molar-refractivity contribution in [1.82, 2.24) is 4.90 Å². The van der Waals surface area contributed by atoms with Crippen molar-refractivity contribution in [3.8, 4) is 0 Å². The lowest BCUT2D eigenvalue weighted by atomic mass is 9.93. The maximum absolute atomic E-state index is 12.1. The number of nitrogens with zero attached hydrogens (tertiary/aromatic N) is 1. The summed E-state index contributed by atoms with van der Waals surface area (Å²) in [4.78, 5) is 24.8. The molecular formula is C14H17ClN2O3. The maximum Gasteiger partial charge on any atom is 0.335 e. The Labute approximate surface area is 122 Å². The molecule has 1 aliphatic rings. The van der Waals surface area contributed by atoms with E-state index in [1.54, 1.807) is 4.90 Å². The van der Waals surface area contributed by atoms with Crippen molar-refractivity contribution in [2.24, 2.45) is 5.41 Å². The molecule has 2 N–H and O–H groups in total. The van der Waals surface area contributed by atoms with Crippen LogP contribution in [0.15, 0.2) is 18.2 Å². The lowest BCUT2D eigenvalue weighted by Gasteiger charge is -2.20. The minimum atomic E-state index is -1.08. The Morgan fingerprint density at radius 1 is 1.35 bits per heavy atom. The van der Waals surface area contributed by atoms with E-state index in [-0.39, 0.29) is 22.0 Å². The number of aromatic carboxylic acids is 1. The summed E-state index contributed by atoms with van der Waals surface area (Å²) in [6.07, 6.45) is 0.955. The van der Waals surface area contributed by atoms with Gasteiger partial charge in [-0.2, -0.15) is 0 Å². The first-order chi connectivity index (χ1) is 9.27. The van der Waals surface area contributed by atoms with Crippen LogP contribution in [0.3, 0.4) is 0 Å². The third-order valence-electron chi connectivity index (χ3n) is 3.36. The summed E-state index contributed by atoms with van der Waals surface area (Å²) in [5, 5.41) is 11.9. The summed E-state index contributed by atoms with van der Waals surface area (Å²) >= 11 is 5.85. The zero-order chi connectivity index (χ0) is 14.9. The van der Waals surface area contributed by atoms with Gasteiger partial charge < -0.3 is 15.3 Å². The zero-order valence-electron chi connectivity index (χ0n) is 11.4. The van der Waals surface area contributed by atoms with E-state index in [0.29, 0.717) is 18.8 Å². The molecule has 1 saturated heterocycles. The van der Waals surface area contributed by atoms with Crippen LogP contribution in [0.25, 0.3) is 0 Å². The van der Waals surface area contributed by atoms with Gasteiger partial charge in [-0.1, -0.05) is 25.4 Å². The first-order valence-corrected chi connectivity index (χ1v) is 6.74. The molecule has 6 heteroatoms. The van der Waals surface area contributed by atoms with Crippen LogP contribution in [0.1, 0.15) is 30.6 Å². The van der Waals surface area contributed by atoms with E-state index in [0.717, 1.165) is 6.42 Å². The molecule has 0 aromatic heterocycles. The number of rotatable bonds is 2. The predicted octanol–water partition coefficient (Wildman–Crippen LogP) is 3.30. The van der Waals surface area contributed by atoms with Gasteiger partial charge in [-0.15, -0.1) is 0 Å². The Balaban J connectivity index is 2.10. The van der Waals surface area contributed by atoms with Crippen molar-refractivity contribution in [3.05, 3.63) is 28.8 Å². The molecule has 2 rings (SSSR count). The SMILES string of the molecule is CC1(C)CCN(C(=O)Nc2cc(Cl)cc(C(=O)O)c2)C1. The number of hydrogen-bond acceptors (Lipinski definition) is 2. The number of anilines is 1.